The molecule has 1 heterocycles. The van der Waals surface area contributed by atoms with E-state index in [0.717, 1.165) is 18.4 Å². The first-order valence-corrected chi connectivity index (χ1v) is 8.42. The molecule has 20 heavy (non-hydrogen) atoms. The summed E-state index contributed by atoms with van der Waals surface area (Å²) in [7, 11) is -3.41. The average Bonchev–Trinajstić information content (AvgIpc) is 2.48. The van der Waals surface area contributed by atoms with Crippen LogP contribution in [0.3, 0.4) is 0 Å². The number of sulfonamides is 1. The lowest BCUT2D eigenvalue weighted by molar-refractivity contribution is 0.0290. The standard InChI is InChI=1S/C14H22N2O3S/c1-2-19-13-6-8-16(9-7-13)20(17,18)14-5-3-4-12(10-14)11-15/h3-5,10,13H,2,6-9,11,15H2,1H3. The van der Waals surface area contributed by atoms with Crippen molar-refractivity contribution in [1.82, 2.24) is 4.31 Å². The zero-order chi connectivity index (χ0) is 14.6. The summed E-state index contributed by atoms with van der Waals surface area (Å²) in [4.78, 5) is 0.329. The minimum atomic E-state index is -3.41. The molecule has 1 aliphatic rings. The van der Waals surface area contributed by atoms with Gasteiger partial charge in [-0.2, -0.15) is 4.31 Å². The van der Waals surface area contributed by atoms with Crippen molar-refractivity contribution in [2.24, 2.45) is 5.73 Å². The molecule has 0 aromatic heterocycles. The molecule has 0 aliphatic carbocycles. The highest BCUT2D eigenvalue weighted by molar-refractivity contribution is 7.89. The molecule has 0 spiro atoms. The van der Waals surface area contributed by atoms with Crippen LogP contribution in [-0.2, 0) is 21.3 Å². The van der Waals surface area contributed by atoms with E-state index in [1.165, 1.54) is 4.31 Å². The number of piperidine rings is 1. The number of hydrogen-bond donors (Lipinski definition) is 1. The van der Waals surface area contributed by atoms with Crippen molar-refractivity contribution in [2.75, 3.05) is 19.7 Å². The Morgan fingerprint density at radius 1 is 1.35 bits per heavy atom. The molecule has 0 atom stereocenters. The monoisotopic (exact) mass is 298 g/mol. The zero-order valence-corrected chi connectivity index (χ0v) is 12.6. The van der Waals surface area contributed by atoms with Gasteiger partial charge in [0.15, 0.2) is 0 Å². The SMILES string of the molecule is CCOC1CCN(S(=O)(=O)c2cccc(CN)c2)CC1. The molecule has 1 aromatic rings. The van der Waals surface area contributed by atoms with Crippen LogP contribution in [0.2, 0.25) is 0 Å². The van der Waals surface area contributed by atoms with Crippen LogP contribution in [0.4, 0.5) is 0 Å². The summed E-state index contributed by atoms with van der Waals surface area (Å²) >= 11 is 0. The van der Waals surface area contributed by atoms with Gasteiger partial charge in [-0.3, -0.25) is 0 Å². The molecule has 1 aliphatic heterocycles. The van der Waals surface area contributed by atoms with E-state index < -0.39 is 10.0 Å². The van der Waals surface area contributed by atoms with Crippen LogP contribution in [-0.4, -0.2) is 38.5 Å². The molecule has 0 saturated carbocycles. The van der Waals surface area contributed by atoms with Gasteiger partial charge in [-0.15, -0.1) is 0 Å². The Hall–Kier alpha value is -0.950. The fraction of sp³-hybridized carbons (Fsp3) is 0.571. The van der Waals surface area contributed by atoms with E-state index in [0.29, 0.717) is 31.1 Å². The maximum Gasteiger partial charge on any atom is 0.243 e. The number of rotatable bonds is 5. The molecule has 1 fully saturated rings. The molecular formula is C14H22N2O3S. The third-order valence-corrected chi connectivity index (χ3v) is 5.47. The molecule has 0 amide bonds. The molecule has 1 aromatic carbocycles. The van der Waals surface area contributed by atoms with Crippen LogP contribution in [0.1, 0.15) is 25.3 Å². The molecule has 2 rings (SSSR count). The molecule has 112 valence electrons. The molecule has 2 N–H and O–H groups in total. The third-order valence-electron chi connectivity index (χ3n) is 3.58. The Morgan fingerprint density at radius 3 is 2.65 bits per heavy atom. The van der Waals surface area contributed by atoms with E-state index in [1.54, 1.807) is 18.2 Å². The van der Waals surface area contributed by atoms with E-state index in [4.69, 9.17) is 10.5 Å². The Morgan fingerprint density at radius 2 is 2.05 bits per heavy atom. The van der Waals surface area contributed by atoms with Crippen molar-refractivity contribution in [3.63, 3.8) is 0 Å². The fourth-order valence-electron chi connectivity index (χ4n) is 2.46. The predicted molar refractivity (Wildman–Crippen MR) is 77.7 cm³/mol. The van der Waals surface area contributed by atoms with Gasteiger partial charge in [-0.05, 0) is 37.5 Å². The Balaban J connectivity index is 2.11. The summed E-state index contributed by atoms with van der Waals surface area (Å²) in [5, 5.41) is 0. The zero-order valence-electron chi connectivity index (χ0n) is 11.8. The summed E-state index contributed by atoms with van der Waals surface area (Å²) in [5.74, 6) is 0. The molecule has 1 saturated heterocycles. The van der Waals surface area contributed by atoms with Gasteiger partial charge in [0.05, 0.1) is 11.0 Å². The summed E-state index contributed by atoms with van der Waals surface area (Å²) in [5.41, 5.74) is 6.40. The van der Waals surface area contributed by atoms with E-state index >= 15 is 0 Å². The van der Waals surface area contributed by atoms with Gasteiger partial charge in [0, 0.05) is 26.2 Å². The van der Waals surface area contributed by atoms with Crippen molar-refractivity contribution in [3.8, 4) is 0 Å². The Kier molecular flexibility index (Phi) is 5.15. The maximum absolute atomic E-state index is 12.6. The van der Waals surface area contributed by atoms with Gasteiger partial charge >= 0.3 is 0 Å². The number of nitrogens with two attached hydrogens (primary N) is 1. The van der Waals surface area contributed by atoms with Crippen molar-refractivity contribution < 1.29 is 13.2 Å². The van der Waals surface area contributed by atoms with E-state index in [9.17, 15) is 8.42 Å². The predicted octanol–water partition coefficient (Wildman–Crippen LogP) is 1.33. The smallest absolute Gasteiger partial charge is 0.243 e. The van der Waals surface area contributed by atoms with Gasteiger partial charge in [0.1, 0.15) is 0 Å². The van der Waals surface area contributed by atoms with Gasteiger partial charge in [-0.25, -0.2) is 8.42 Å². The largest absolute Gasteiger partial charge is 0.378 e. The molecule has 0 unspecified atom stereocenters. The minimum Gasteiger partial charge on any atom is -0.378 e. The molecular weight excluding hydrogens is 276 g/mol. The fourth-order valence-corrected chi connectivity index (χ4v) is 4.00. The summed E-state index contributed by atoms with van der Waals surface area (Å²) < 4.78 is 32.2. The van der Waals surface area contributed by atoms with Gasteiger partial charge in [0.25, 0.3) is 0 Å². The van der Waals surface area contributed by atoms with Crippen molar-refractivity contribution >= 4 is 10.0 Å². The van der Waals surface area contributed by atoms with E-state index in [-0.39, 0.29) is 6.10 Å². The lowest BCUT2D eigenvalue weighted by atomic mass is 10.1. The van der Waals surface area contributed by atoms with Crippen molar-refractivity contribution in [2.45, 2.75) is 37.3 Å². The van der Waals surface area contributed by atoms with Gasteiger partial charge < -0.3 is 10.5 Å². The lowest BCUT2D eigenvalue weighted by Gasteiger charge is -2.31. The highest BCUT2D eigenvalue weighted by Gasteiger charge is 2.29. The Labute approximate surface area is 120 Å². The third kappa shape index (κ3) is 3.38. The molecule has 0 radical (unpaired) electrons. The van der Waals surface area contributed by atoms with Crippen LogP contribution in [0, 0.1) is 0 Å². The summed E-state index contributed by atoms with van der Waals surface area (Å²) in [6, 6.07) is 6.86. The van der Waals surface area contributed by atoms with Crippen LogP contribution >= 0.6 is 0 Å². The quantitative estimate of drug-likeness (QED) is 0.890. The molecule has 0 bridgehead atoms. The lowest BCUT2D eigenvalue weighted by Crippen LogP contribution is -2.40. The van der Waals surface area contributed by atoms with Gasteiger partial charge in [0.2, 0.25) is 10.0 Å². The topological polar surface area (TPSA) is 72.6 Å². The second-order valence-corrected chi connectivity index (χ2v) is 6.85. The maximum atomic E-state index is 12.6. The summed E-state index contributed by atoms with van der Waals surface area (Å²) in [6.45, 7) is 4.01. The number of benzene rings is 1. The normalized spacial score (nSPS) is 18.3. The minimum absolute atomic E-state index is 0.182. The molecule has 5 nitrogen and oxygen atoms in total. The summed E-state index contributed by atoms with van der Waals surface area (Å²) in [6.07, 6.45) is 1.69. The van der Waals surface area contributed by atoms with Crippen molar-refractivity contribution in [3.05, 3.63) is 29.8 Å². The van der Waals surface area contributed by atoms with Crippen LogP contribution in [0.25, 0.3) is 0 Å². The second-order valence-electron chi connectivity index (χ2n) is 4.91. The first-order chi connectivity index (χ1) is 9.57. The van der Waals surface area contributed by atoms with Crippen LogP contribution < -0.4 is 5.73 Å². The van der Waals surface area contributed by atoms with E-state index in [1.807, 2.05) is 13.0 Å². The van der Waals surface area contributed by atoms with Gasteiger partial charge in [-0.1, -0.05) is 12.1 Å². The van der Waals surface area contributed by atoms with Crippen LogP contribution in [0.5, 0.6) is 0 Å². The first-order valence-electron chi connectivity index (χ1n) is 6.98. The number of ether oxygens (including phenoxy) is 1. The second kappa shape index (κ2) is 6.67. The number of hydrogen-bond acceptors (Lipinski definition) is 4. The number of nitrogens with zero attached hydrogens (tertiary/aromatic N) is 1. The first kappa shape index (κ1) is 15.4. The Bertz CT molecular complexity index is 537. The van der Waals surface area contributed by atoms with Crippen LogP contribution in [0.15, 0.2) is 29.2 Å². The molecule has 6 heteroatoms. The van der Waals surface area contributed by atoms with E-state index in [2.05, 4.69) is 0 Å². The van der Waals surface area contributed by atoms with Crippen molar-refractivity contribution in [1.29, 1.82) is 0 Å². The highest BCUT2D eigenvalue weighted by atomic mass is 32.2. The highest BCUT2D eigenvalue weighted by Crippen LogP contribution is 2.22. The average molecular weight is 298 g/mol.